The summed E-state index contributed by atoms with van der Waals surface area (Å²) >= 11 is 0. The molecule has 0 aliphatic rings. The summed E-state index contributed by atoms with van der Waals surface area (Å²) in [7, 11) is 0. The first kappa shape index (κ1) is 21.9. The highest BCUT2D eigenvalue weighted by Crippen LogP contribution is 2.08. The lowest BCUT2D eigenvalue weighted by atomic mass is 10.1. The molecular weight excluding hydrogens is 461 g/mol. The Morgan fingerprint density at radius 1 is 1.04 bits per heavy atom. The molecule has 0 fully saturated rings. The standard InChI is InChI=1S/C22H27N5.HI/c1-3-24-22(26-15-21-7-5-4-6-18(21)2)25-14-19-8-10-20(11-9-19)16-27-13-12-23-17-27;/h4-13,17H,3,14-16H2,1-2H3,(H2,24,25,26);1H. The van der Waals surface area contributed by atoms with Gasteiger partial charge >= 0.3 is 0 Å². The zero-order valence-corrected chi connectivity index (χ0v) is 18.8. The molecule has 0 saturated heterocycles. The minimum absolute atomic E-state index is 0. The number of rotatable bonds is 7. The van der Waals surface area contributed by atoms with Crippen molar-refractivity contribution in [2.75, 3.05) is 6.54 Å². The molecule has 148 valence electrons. The Bertz CT molecular complexity index is 857. The zero-order chi connectivity index (χ0) is 18.9. The largest absolute Gasteiger partial charge is 0.357 e. The zero-order valence-electron chi connectivity index (χ0n) is 16.4. The van der Waals surface area contributed by atoms with Gasteiger partial charge in [-0.15, -0.1) is 24.0 Å². The van der Waals surface area contributed by atoms with Crippen LogP contribution in [0.5, 0.6) is 0 Å². The van der Waals surface area contributed by atoms with E-state index in [4.69, 9.17) is 4.99 Å². The lowest BCUT2D eigenvalue weighted by Crippen LogP contribution is -2.36. The van der Waals surface area contributed by atoms with Crippen LogP contribution in [0.4, 0.5) is 0 Å². The second kappa shape index (κ2) is 11.5. The first-order valence-corrected chi connectivity index (χ1v) is 9.35. The molecule has 1 aromatic heterocycles. The van der Waals surface area contributed by atoms with Crippen LogP contribution in [-0.2, 0) is 19.6 Å². The van der Waals surface area contributed by atoms with Gasteiger partial charge in [-0.2, -0.15) is 0 Å². The van der Waals surface area contributed by atoms with E-state index >= 15 is 0 Å². The van der Waals surface area contributed by atoms with Gasteiger partial charge in [0.1, 0.15) is 0 Å². The van der Waals surface area contributed by atoms with Gasteiger partial charge in [-0.25, -0.2) is 9.98 Å². The van der Waals surface area contributed by atoms with E-state index in [1.165, 1.54) is 22.3 Å². The van der Waals surface area contributed by atoms with Gasteiger partial charge in [0.2, 0.25) is 0 Å². The van der Waals surface area contributed by atoms with E-state index in [1.807, 2.05) is 12.5 Å². The van der Waals surface area contributed by atoms with Crippen LogP contribution in [0.1, 0.15) is 29.2 Å². The fraction of sp³-hybridized carbons (Fsp3) is 0.273. The van der Waals surface area contributed by atoms with Gasteiger partial charge in [0.15, 0.2) is 5.96 Å². The SMILES string of the molecule is CCNC(=NCc1ccc(Cn2ccnc2)cc1)NCc1ccccc1C.I. The number of halogens is 1. The van der Waals surface area contributed by atoms with Crippen molar-refractivity contribution in [1.29, 1.82) is 0 Å². The third-order valence-corrected chi connectivity index (χ3v) is 4.42. The van der Waals surface area contributed by atoms with E-state index in [2.05, 4.69) is 82.6 Å². The minimum atomic E-state index is 0. The summed E-state index contributed by atoms with van der Waals surface area (Å²) in [5, 5.41) is 6.73. The number of guanidine groups is 1. The first-order chi connectivity index (χ1) is 13.2. The molecular formula is C22H28IN5. The second-order valence-electron chi connectivity index (χ2n) is 6.53. The summed E-state index contributed by atoms with van der Waals surface area (Å²) in [5.74, 6) is 0.836. The van der Waals surface area contributed by atoms with Crippen LogP contribution in [0.15, 0.2) is 72.2 Å². The number of nitrogens with one attached hydrogen (secondary N) is 2. The van der Waals surface area contributed by atoms with Gasteiger partial charge in [-0.05, 0) is 36.1 Å². The number of aryl methyl sites for hydroxylation is 1. The molecule has 0 amide bonds. The van der Waals surface area contributed by atoms with Crippen molar-refractivity contribution < 1.29 is 0 Å². The number of aliphatic imine (C=N–C) groups is 1. The number of imidazole rings is 1. The molecule has 2 aromatic carbocycles. The van der Waals surface area contributed by atoms with Gasteiger partial charge in [-0.3, -0.25) is 0 Å². The van der Waals surface area contributed by atoms with Crippen molar-refractivity contribution in [3.05, 3.63) is 89.5 Å². The normalized spacial score (nSPS) is 11.0. The molecule has 0 unspecified atom stereocenters. The Morgan fingerprint density at radius 2 is 1.79 bits per heavy atom. The van der Waals surface area contributed by atoms with Crippen molar-refractivity contribution in [3.63, 3.8) is 0 Å². The molecule has 0 bridgehead atoms. The minimum Gasteiger partial charge on any atom is -0.357 e. The van der Waals surface area contributed by atoms with Crippen LogP contribution in [-0.4, -0.2) is 22.1 Å². The quantitative estimate of drug-likeness (QED) is 0.299. The summed E-state index contributed by atoms with van der Waals surface area (Å²) in [6.45, 7) is 7.30. The highest BCUT2D eigenvalue weighted by Gasteiger charge is 2.01. The van der Waals surface area contributed by atoms with Gasteiger partial charge in [0, 0.05) is 32.0 Å². The average Bonchev–Trinajstić information content (AvgIpc) is 3.19. The third kappa shape index (κ3) is 6.67. The molecule has 0 spiro atoms. The van der Waals surface area contributed by atoms with Gasteiger partial charge in [0.25, 0.3) is 0 Å². The lowest BCUT2D eigenvalue weighted by molar-refractivity contribution is 0.795. The van der Waals surface area contributed by atoms with E-state index in [0.717, 1.165) is 25.6 Å². The second-order valence-corrected chi connectivity index (χ2v) is 6.53. The van der Waals surface area contributed by atoms with E-state index in [-0.39, 0.29) is 24.0 Å². The number of hydrogen-bond donors (Lipinski definition) is 2. The Balaban J connectivity index is 0.00000280. The van der Waals surface area contributed by atoms with Crippen LogP contribution in [0.3, 0.4) is 0 Å². The van der Waals surface area contributed by atoms with E-state index < -0.39 is 0 Å². The molecule has 3 rings (SSSR count). The highest BCUT2D eigenvalue weighted by molar-refractivity contribution is 14.0. The van der Waals surface area contributed by atoms with Crippen LogP contribution < -0.4 is 10.6 Å². The van der Waals surface area contributed by atoms with E-state index in [9.17, 15) is 0 Å². The molecule has 28 heavy (non-hydrogen) atoms. The van der Waals surface area contributed by atoms with E-state index in [1.54, 1.807) is 6.20 Å². The van der Waals surface area contributed by atoms with Crippen molar-refractivity contribution in [2.24, 2.45) is 4.99 Å². The number of benzene rings is 2. The number of hydrogen-bond acceptors (Lipinski definition) is 2. The predicted molar refractivity (Wildman–Crippen MR) is 126 cm³/mol. The molecule has 0 atom stereocenters. The maximum atomic E-state index is 4.71. The molecule has 3 aromatic rings. The molecule has 0 aliphatic heterocycles. The van der Waals surface area contributed by atoms with Gasteiger partial charge in [0.05, 0.1) is 12.9 Å². The molecule has 0 radical (unpaired) electrons. The van der Waals surface area contributed by atoms with Gasteiger partial charge in [-0.1, -0.05) is 48.5 Å². The molecule has 1 heterocycles. The fourth-order valence-electron chi connectivity index (χ4n) is 2.84. The topological polar surface area (TPSA) is 54.2 Å². The summed E-state index contributed by atoms with van der Waals surface area (Å²) in [5.41, 5.74) is 5.02. The lowest BCUT2D eigenvalue weighted by Gasteiger charge is -2.13. The fourth-order valence-corrected chi connectivity index (χ4v) is 2.84. The summed E-state index contributed by atoms with van der Waals surface area (Å²) < 4.78 is 2.06. The molecule has 6 heteroatoms. The molecule has 5 nitrogen and oxygen atoms in total. The van der Waals surface area contributed by atoms with Gasteiger partial charge < -0.3 is 15.2 Å². The Labute approximate surface area is 184 Å². The predicted octanol–water partition coefficient (Wildman–Crippen LogP) is 4.11. The van der Waals surface area contributed by atoms with Crippen LogP contribution in [0.2, 0.25) is 0 Å². The maximum absolute atomic E-state index is 4.71. The first-order valence-electron chi connectivity index (χ1n) is 9.35. The van der Waals surface area contributed by atoms with Crippen molar-refractivity contribution in [3.8, 4) is 0 Å². The Morgan fingerprint density at radius 3 is 2.46 bits per heavy atom. The van der Waals surface area contributed by atoms with Crippen molar-refractivity contribution in [2.45, 2.75) is 33.5 Å². The number of nitrogens with zero attached hydrogens (tertiary/aromatic N) is 3. The Hall–Kier alpha value is -2.35. The molecule has 2 N–H and O–H groups in total. The average molecular weight is 489 g/mol. The van der Waals surface area contributed by atoms with Crippen LogP contribution >= 0.6 is 24.0 Å². The maximum Gasteiger partial charge on any atom is 0.191 e. The van der Waals surface area contributed by atoms with Crippen molar-refractivity contribution in [1.82, 2.24) is 20.2 Å². The summed E-state index contributed by atoms with van der Waals surface area (Å²) in [6, 6.07) is 17.0. The van der Waals surface area contributed by atoms with Crippen molar-refractivity contribution >= 4 is 29.9 Å². The van der Waals surface area contributed by atoms with E-state index in [0.29, 0.717) is 6.54 Å². The summed E-state index contributed by atoms with van der Waals surface area (Å²) in [6.07, 6.45) is 5.61. The van der Waals surface area contributed by atoms with Crippen LogP contribution in [0, 0.1) is 6.92 Å². The number of aromatic nitrogens is 2. The van der Waals surface area contributed by atoms with Crippen LogP contribution in [0.25, 0.3) is 0 Å². The molecule has 0 saturated carbocycles. The Kier molecular flexibility index (Phi) is 9.00. The summed E-state index contributed by atoms with van der Waals surface area (Å²) in [4.78, 5) is 8.79. The monoisotopic (exact) mass is 489 g/mol. The smallest absolute Gasteiger partial charge is 0.191 e. The third-order valence-electron chi connectivity index (χ3n) is 4.42. The highest BCUT2D eigenvalue weighted by atomic mass is 127. The molecule has 0 aliphatic carbocycles.